The Morgan fingerprint density at radius 3 is 2.58 bits per heavy atom. The predicted octanol–water partition coefficient (Wildman–Crippen LogP) is 4.61. The second kappa shape index (κ2) is 5.96. The van der Waals surface area contributed by atoms with Crippen LogP contribution in [0, 0.1) is 17.1 Å². The Morgan fingerprint density at radius 1 is 1.26 bits per heavy atom. The van der Waals surface area contributed by atoms with Crippen LogP contribution in [0.2, 0.25) is 0 Å². The maximum atomic E-state index is 13.8. The van der Waals surface area contributed by atoms with Crippen LogP contribution in [0.25, 0.3) is 10.6 Å². The summed E-state index contributed by atoms with van der Waals surface area (Å²) in [5.41, 5.74) is 0.993. The smallest absolute Gasteiger partial charge is 0.132 e. The Hall–Kier alpha value is -1.70. The number of nitriles is 1. The molecule has 2 aromatic rings. The minimum atomic E-state index is -0.477. The highest BCUT2D eigenvalue weighted by Crippen LogP contribution is 2.32. The van der Waals surface area contributed by atoms with Gasteiger partial charge in [-0.15, -0.1) is 0 Å². The van der Waals surface area contributed by atoms with Gasteiger partial charge in [-0.2, -0.15) is 5.26 Å². The van der Waals surface area contributed by atoms with Crippen molar-refractivity contribution in [2.24, 2.45) is 0 Å². The molecule has 0 spiro atoms. The molecule has 0 aliphatic heterocycles. The topological polar surface area (TPSA) is 36.7 Å². The Balaban J connectivity index is 2.62. The quantitative estimate of drug-likeness (QED) is 0.750. The van der Waals surface area contributed by atoms with Gasteiger partial charge >= 0.3 is 0 Å². The maximum absolute atomic E-state index is 13.8. The summed E-state index contributed by atoms with van der Waals surface area (Å²) in [6, 6.07) is 9.70. The van der Waals surface area contributed by atoms with Crippen molar-refractivity contribution < 1.29 is 4.39 Å². The molecule has 1 heterocycles. The largest absolute Gasteiger partial charge is 0.265 e. The van der Waals surface area contributed by atoms with Gasteiger partial charge in [0, 0.05) is 22.4 Å². The molecule has 2 rings (SSSR count). The average molecular weight is 338 g/mol. The predicted molar refractivity (Wildman–Crippen MR) is 76.6 cm³/mol. The van der Waals surface area contributed by atoms with Crippen molar-refractivity contribution in [1.29, 1.82) is 5.26 Å². The first-order chi connectivity index (χ1) is 9.13. The third-order valence-corrected chi connectivity index (χ3v) is 3.35. The Labute approximate surface area is 123 Å². The minimum Gasteiger partial charge on any atom is -0.265 e. The molecule has 0 bridgehead atoms. The summed E-state index contributed by atoms with van der Waals surface area (Å²) in [6.45, 7) is 0. The molecule has 0 aliphatic carbocycles. The zero-order valence-corrected chi connectivity index (χ0v) is 11.9. The van der Waals surface area contributed by atoms with E-state index < -0.39 is 5.82 Å². The molecule has 0 N–H and O–H groups in total. The number of hydrogen-bond acceptors (Lipinski definition) is 2. The van der Waals surface area contributed by atoms with Gasteiger partial charge in [0.2, 0.25) is 0 Å². The molecule has 5 heteroatoms. The first kappa shape index (κ1) is 13.7. The van der Waals surface area contributed by atoms with Gasteiger partial charge in [0.05, 0.1) is 10.6 Å². The zero-order chi connectivity index (χ0) is 13.8. The van der Waals surface area contributed by atoms with Crippen LogP contribution in [0.5, 0.6) is 0 Å². The van der Waals surface area contributed by atoms with E-state index >= 15 is 0 Å². The second-order valence-corrected chi connectivity index (χ2v) is 4.95. The zero-order valence-electron chi connectivity index (χ0n) is 9.57. The molecular weight excluding hydrogens is 331 g/mol. The number of pyridine rings is 1. The molecule has 0 saturated heterocycles. The Kier molecular flexibility index (Phi) is 4.31. The molecular formula is C14H7BrClFN2. The van der Waals surface area contributed by atoms with E-state index in [1.165, 1.54) is 12.1 Å². The van der Waals surface area contributed by atoms with Crippen molar-refractivity contribution >= 4 is 38.1 Å². The molecule has 19 heavy (non-hydrogen) atoms. The number of aromatic nitrogens is 1. The summed E-state index contributed by atoms with van der Waals surface area (Å²) in [5, 5.41) is 9.30. The molecule has 2 nitrogen and oxygen atoms in total. The fourth-order valence-electron chi connectivity index (χ4n) is 1.56. The lowest BCUT2D eigenvalue weighted by Crippen LogP contribution is -1.90. The van der Waals surface area contributed by atoms with Gasteiger partial charge in [-0.1, -0.05) is 27.5 Å². The van der Waals surface area contributed by atoms with Crippen LogP contribution in [0.1, 0.15) is 11.1 Å². The third-order valence-electron chi connectivity index (χ3n) is 2.47. The summed E-state index contributed by atoms with van der Waals surface area (Å²) >= 11 is 9.41. The number of halogens is 3. The molecule has 0 radical (unpaired) electrons. The lowest BCUT2D eigenvalue weighted by molar-refractivity contribution is 0.624. The number of allylic oxidation sites excluding steroid dienone is 1. The third kappa shape index (κ3) is 3.01. The second-order valence-electron chi connectivity index (χ2n) is 3.66. The van der Waals surface area contributed by atoms with E-state index in [4.69, 9.17) is 11.6 Å². The molecule has 0 unspecified atom stereocenters. The summed E-state index contributed by atoms with van der Waals surface area (Å²) in [4.78, 5) is 3.87. The van der Waals surface area contributed by atoms with E-state index in [2.05, 4.69) is 20.9 Å². The summed E-state index contributed by atoms with van der Waals surface area (Å²) in [5.74, 6) is -0.477. The van der Waals surface area contributed by atoms with Crippen LogP contribution < -0.4 is 0 Å². The molecule has 94 valence electrons. The van der Waals surface area contributed by atoms with E-state index in [0.717, 1.165) is 0 Å². The van der Waals surface area contributed by atoms with Crippen LogP contribution in [0.15, 0.2) is 47.2 Å². The molecule has 0 aliphatic rings. The van der Waals surface area contributed by atoms with Gasteiger partial charge < -0.3 is 0 Å². The lowest BCUT2D eigenvalue weighted by Gasteiger charge is -2.06. The summed E-state index contributed by atoms with van der Waals surface area (Å²) < 4.78 is 14.5. The molecule has 0 fully saturated rings. The van der Waals surface area contributed by atoms with Crippen molar-refractivity contribution in [2.75, 3.05) is 0 Å². The highest BCUT2D eigenvalue weighted by molar-refractivity contribution is 9.10. The first-order valence-corrected chi connectivity index (χ1v) is 6.46. The number of hydrogen-bond donors (Lipinski definition) is 0. The first-order valence-electron chi connectivity index (χ1n) is 5.29. The minimum absolute atomic E-state index is 0.0764. The van der Waals surface area contributed by atoms with Gasteiger partial charge in [-0.3, -0.25) is 4.98 Å². The molecule has 0 amide bonds. The molecule has 1 aromatic carbocycles. The Bertz CT molecular complexity index is 678. The van der Waals surface area contributed by atoms with Gasteiger partial charge in [-0.25, -0.2) is 4.39 Å². The van der Waals surface area contributed by atoms with Crippen LogP contribution in [-0.4, -0.2) is 4.98 Å². The van der Waals surface area contributed by atoms with E-state index in [9.17, 15) is 9.65 Å². The normalized spacial score (nSPS) is 11.7. The van der Waals surface area contributed by atoms with Crippen LogP contribution in [-0.2, 0) is 0 Å². The van der Waals surface area contributed by atoms with E-state index in [1.807, 2.05) is 6.07 Å². The van der Waals surface area contributed by atoms with Crippen LogP contribution in [0.4, 0.5) is 4.39 Å². The van der Waals surface area contributed by atoms with Crippen molar-refractivity contribution in [1.82, 2.24) is 4.98 Å². The van der Waals surface area contributed by atoms with Gasteiger partial charge in [-0.05, 0) is 35.9 Å². The Morgan fingerprint density at radius 2 is 1.95 bits per heavy atom. The van der Waals surface area contributed by atoms with E-state index in [1.54, 1.807) is 30.6 Å². The molecule has 0 saturated carbocycles. The fraction of sp³-hybridized carbons (Fsp3) is 0. The van der Waals surface area contributed by atoms with Crippen molar-refractivity contribution in [3.63, 3.8) is 0 Å². The molecule has 1 aromatic heterocycles. The standard InChI is InChI=1S/C14H7BrClFN2/c15-10-1-2-13(17)11(7-10)14(16)12(8-18)9-3-5-19-6-4-9/h1-7H/b14-12+. The maximum Gasteiger partial charge on any atom is 0.132 e. The van der Waals surface area contributed by atoms with Crippen LogP contribution >= 0.6 is 27.5 Å². The van der Waals surface area contributed by atoms with Crippen molar-refractivity contribution in [3.05, 3.63) is 64.1 Å². The SMILES string of the molecule is N#C/C(=C(\Cl)c1cc(Br)ccc1F)c1ccncc1. The van der Waals surface area contributed by atoms with E-state index in [0.29, 0.717) is 10.0 Å². The number of benzene rings is 1. The van der Waals surface area contributed by atoms with Gasteiger partial charge in [0.25, 0.3) is 0 Å². The molecule has 0 atom stereocenters. The van der Waals surface area contributed by atoms with Crippen molar-refractivity contribution in [2.45, 2.75) is 0 Å². The highest BCUT2D eigenvalue weighted by Gasteiger charge is 2.13. The number of nitrogens with zero attached hydrogens (tertiary/aromatic N) is 2. The number of rotatable bonds is 2. The fourth-order valence-corrected chi connectivity index (χ4v) is 2.22. The van der Waals surface area contributed by atoms with Gasteiger partial charge in [0.1, 0.15) is 11.9 Å². The summed E-state index contributed by atoms with van der Waals surface area (Å²) in [7, 11) is 0. The van der Waals surface area contributed by atoms with E-state index in [-0.39, 0.29) is 16.2 Å². The monoisotopic (exact) mass is 336 g/mol. The van der Waals surface area contributed by atoms with Gasteiger partial charge in [0.15, 0.2) is 0 Å². The highest BCUT2D eigenvalue weighted by atomic mass is 79.9. The van der Waals surface area contributed by atoms with Crippen LogP contribution in [0.3, 0.4) is 0 Å². The summed E-state index contributed by atoms with van der Waals surface area (Å²) in [6.07, 6.45) is 3.10. The lowest BCUT2D eigenvalue weighted by atomic mass is 10.0. The average Bonchev–Trinajstić information content (AvgIpc) is 2.43. The van der Waals surface area contributed by atoms with Crippen molar-refractivity contribution in [3.8, 4) is 6.07 Å².